The summed E-state index contributed by atoms with van der Waals surface area (Å²) in [7, 11) is 0. The molecule has 0 amide bonds. The fourth-order valence-electron chi connectivity index (χ4n) is 2.21. The Morgan fingerprint density at radius 2 is 2.14 bits per heavy atom. The second-order valence-electron chi connectivity index (χ2n) is 5.62. The van der Waals surface area contributed by atoms with Gasteiger partial charge in [-0.15, -0.1) is 11.3 Å². The summed E-state index contributed by atoms with van der Waals surface area (Å²) in [5, 5.41) is 16.5. The number of carbonyl (C=O) groups excluding carboxylic acids is 1. The Morgan fingerprint density at radius 3 is 2.86 bits per heavy atom. The summed E-state index contributed by atoms with van der Waals surface area (Å²) in [5.41, 5.74) is 6.30. The summed E-state index contributed by atoms with van der Waals surface area (Å²) in [6, 6.07) is 11.0. The fraction of sp³-hybridized carbons (Fsp3) is 0.111. The molecule has 0 aliphatic carbocycles. The van der Waals surface area contributed by atoms with E-state index in [-0.39, 0.29) is 35.4 Å². The highest BCUT2D eigenvalue weighted by Crippen LogP contribution is 2.28. The van der Waals surface area contributed by atoms with Crippen LogP contribution in [0, 0.1) is 17.0 Å². The van der Waals surface area contributed by atoms with Crippen molar-refractivity contribution in [1.29, 1.82) is 0 Å². The van der Waals surface area contributed by atoms with Gasteiger partial charge in [-0.2, -0.15) is 0 Å². The third-order valence-electron chi connectivity index (χ3n) is 3.54. The highest BCUT2D eigenvalue weighted by molar-refractivity contribution is 7.12. The number of ether oxygens (including phenoxy) is 1. The summed E-state index contributed by atoms with van der Waals surface area (Å²) < 4.78 is 10.8. The number of nitro groups is 1. The lowest BCUT2D eigenvalue weighted by Crippen LogP contribution is -2.13. The maximum atomic E-state index is 12.0. The summed E-state index contributed by atoms with van der Waals surface area (Å²) >= 11 is 1.36. The first-order chi connectivity index (χ1) is 13.4. The monoisotopic (exact) mass is 401 g/mol. The molecule has 10 heteroatoms. The second kappa shape index (κ2) is 8.35. The Labute approximate surface area is 163 Å². The molecule has 2 heterocycles. The van der Waals surface area contributed by atoms with Gasteiger partial charge in [-0.25, -0.2) is 4.79 Å². The molecule has 0 fully saturated rings. The van der Waals surface area contributed by atoms with E-state index in [1.165, 1.54) is 35.6 Å². The second-order valence-corrected chi connectivity index (χ2v) is 6.56. The van der Waals surface area contributed by atoms with Crippen LogP contribution in [0.5, 0.6) is 5.75 Å². The molecule has 0 saturated heterocycles. The first kappa shape index (κ1) is 19.1. The van der Waals surface area contributed by atoms with Gasteiger partial charge in [0.1, 0.15) is 12.4 Å². The van der Waals surface area contributed by atoms with Gasteiger partial charge in [-0.3, -0.25) is 10.1 Å². The predicted molar refractivity (Wildman–Crippen MR) is 101 cm³/mol. The van der Waals surface area contributed by atoms with Crippen LogP contribution in [0.3, 0.4) is 0 Å². The first-order valence-corrected chi connectivity index (χ1v) is 8.87. The molecule has 3 rings (SSSR count). The Morgan fingerprint density at radius 1 is 1.32 bits per heavy atom. The van der Waals surface area contributed by atoms with Crippen LogP contribution in [-0.2, 0) is 11.4 Å². The zero-order valence-electron chi connectivity index (χ0n) is 14.7. The summed E-state index contributed by atoms with van der Waals surface area (Å²) in [4.78, 5) is 28.0. The average Bonchev–Trinajstić information content (AvgIpc) is 3.36. The van der Waals surface area contributed by atoms with E-state index in [4.69, 9.17) is 19.7 Å². The van der Waals surface area contributed by atoms with Crippen LogP contribution < -0.4 is 10.5 Å². The molecule has 0 bridgehead atoms. The largest absolute Gasteiger partial charge is 0.479 e. The predicted octanol–water partition coefficient (Wildman–Crippen LogP) is 3.61. The van der Waals surface area contributed by atoms with Crippen LogP contribution in [0.4, 0.5) is 5.69 Å². The molecule has 2 aromatic heterocycles. The summed E-state index contributed by atoms with van der Waals surface area (Å²) in [5.74, 6) is -0.460. The number of oxime groups is 1. The number of amidine groups is 1. The molecule has 0 saturated carbocycles. The quantitative estimate of drug-likeness (QED) is 0.210. The maximum Gasteiger partial charge on any atom is 0.400 e. The van der Waals surface area contributed by atoms with Gasteiger partial charge in [0.25, 0.3) is 0 Å². The molecule has 0 aliphatic heterocycles. The standard InChI is InChI=1S/C18H15N3O6S/c1-11-4-6-14(13(9-11)21(23)24)25-10-12-5-7-15(26-12)18(22)27-20-17(19)16-3-2-8-28-16/h2-9H,10H2,1H3,(H2,19,20). The van der Waals surface area contributed by atoms with Gasteiger partial charge in [-0.1, -0.05) is 17.3 Å². The molecule has 0 unspecified atom stereocenters. The van der Waals surface area contributed by atoms with E-state index in [1.807, 2.05) is 5.38 Å². The number of aryl methyl sites for hydroxylation is 1. The number of carbonyl (C=O) groups is 1. The van der Waals surface area contributed by atoms with Crippen molar-refractivity contribution >= 4 is 28.8 Å². The number of rotatable bonds is 7. The minimum absolute atomic E-state index is 0.0742. The van der Waals surface area contributed by atoms with Gasteiger partial charge in [0, 0.05) is 6.07 Å². The molecule has 9 nitrogen and oxygen atoms in total. The summed E-state index contributed by atoms with van der Waals surface area (Å²) in [6.07, 6.45) is 0. The van der Waals surface area contributed by atoms with Crippen LogP contribution in [0.15, 0.2) is 57.4 Å². The van der Waals surface area contributed by atoms with Crippen molar-refractivity contribution < 1.29 is 23.7 Å². The minimum Gasteiger partial charge on any atom is -0.479 e. The van der Waals surface area contributed by atoms with Crippen molar-refractivity contribution in [3.8, 4) is 5.75 Å². The number of thiophene rings is 1. The van der Waals surface area contributed by atoms with E-state index in [2.05, 4.69) is 5.16 Å². The van der Waals surface area contributed by atoms with Crippen molar-refractivity contribution in [3.05, 3.63) is 79.9 Å². The smallest absolute Gasteiger partial charge is 0.400 e. The van der Waals surface area contributed by atoms with Crippen molar-refractivity contribution in [3.63, 3.8) is 0 Å². The van der Waals surface area contributed by atoms with Crippen molar-refractivity contribution in [2.24, 2.45) is 10.9 Å². The lowest BCUT2D eigenvalue weighted by atomic mass is 10.2. The zero-order valence-corrected chi connectivity index (χ0v) is 15.5. The van der Waals surface area contributed by atoms with Gasteiger partial charge >= 0.3 is 11.7 Å². The third-order valence-corrected chi connectivity index (χ3v) is 4.44. The number of nitrogens with two attached hydrogens (primary N) is 1. The molecule has 0 radical (unpaired) electrons. The maximum absolute atomic E-state index is 12.0. The number of furan rings is 1. The lowest BCUT2D eigenvalue weighted by molar-refractivity contribution is -0.386. The topological polar surface area (TPSA) is 130 Å². The fourth-order valence-corrected chi connectivity index (χ4v) is 2.83. The molecular formula is C18H15N3O6S. The number of nitro benzene ring substituents is 1. The van der Waals surface area contributed by atoms with E-state index < -0.39 is 10.9 Å². The molecule has 3 aromatic rings. The molecule has 0 aliphatic rings. The van der Waals surface area contributed by atoms with E-state index in [1.54, 1.807) is 25.1 Å². The minimum atomic E-state index is -0.827. The molecule has 0 atom stereocenters. The van der Waals surface area contributed by atoms with Crippen LogP contribution in [0.2, 0.25) is 0 Å². The SMILES string of the molecule is Cc1ccc(OCc2ccc(C(=O)O/N=C(\N)c3cccs3)o2)c([N+](=O)[O-])c1. The number of hydrogen-bond donors (Lipinski definition) is 1. The molecule has 1 aromatic carbocycles. The summed E-state index contributed by atoms with van der Waals surface area (Å²) in [6.45, 7) is 1.65. The highest BCUT2D eigenvalue weighted by atomic mass is 32.1. The first-order valence-electron chi connectivity index (χ1n) is 7.99. The van der Waals surface area contributed by atoms with E-state index in [9.17, 15) is 14.9 Å². The van der Waals surface area contributed by atoms with Gasteiger partial charge in [-0.05, 0) is 42.1 Å². The highest BCUT2D eigenvalue weighted by Gasteiger charge is 2.17. The van der Waals surface area contributed by atoms with Gasteiger partial charge in [0.2, 0.25) is 5.76 Å². The van der Waals surface area contributed by atoms with Gasteiger partial charge in [0.15, 0.2) is 11.6 Å². The Hall–Kier alpha value is -3.66. The van der Waals surface area contributed by atoms with Crippen molar-refractivity contribution in [2.75, 3.05) is 0 Å². The zero-order chi connectivity index (χ0) is 20.1. The molecule has 144 valence electrons. The van der Waals surface area contributed by atoms with Gasteiger partial charge < -0.3 is 19.7 Å². The number of benzene rings is 1. The van der Waals surface area contributed by atoms with Crippen LogP contribution in [-0.4, -0.2) is 16.7 Å². The number of hydrogen-bond acceptors (Lipinski definition) is 8. The Kier molecular flexibility index (Phi) is 5.70. The van der Waals surface area contributed by atoms with Crippen LogP contribution in [0.25, 0.3) is 0 Å². The average molecular weight is 401 g/mol. The normalized spacial score (nSPS) is 11.2. The van der Waals surface area contributed by atoms with E-state index in [0.29, 0.717) is 4.88 Å². The number of nitrogens with zero attached hydrogens (tertiary/aromatic N) is 2. The molecule has 28 heavy (non-hydrogen) atoms. The van der Waals surface area contributed by atoms with Crippen molar-refractivity contribution in [2.45, 2.75) is 13.5 Å². The molecule has 0 spiro atoms. The van der Waals surface area contributed by atoms with Crippen molar-refractivity contribution in [1.82, 2.24) is 0 Å². The third kappa shape index (κ3) is 4.54. The van der Waals surface area contributed by atoms with Gasteiger partial charge in [0.05, 0.1) is 9.80 Å². The lowest BCUT2D eigenvalue weighted by Gasteiger charge is -2.05. The van der Waals surface area contributed by atoms with E-state index in [0.717, 1.165) is 5.56 Å². The molecular weight excluding hydrogens is 386 g/mol. The Balaban J connectivity index is 1.62. The van der Waals surface area contributed by atoms with Crippen LogP contribution in [0.1, 0.15) is 26.8 Å². The molecule has 2 N–H and O–H groups in total. The van der Waals surface area contributed by atoms with E-state index >= 15 is 0 Å². The van der Waals surface area contributed by atoms with Crippen LogP contribution >= 0.6 is 11.3 Å². The Bertz CT molecular complexity index is 1030.